The number of esters is 2. The lowest BCUT2D eigenvalue weighted by atomic mass is 9.95. The number of methoxy groups -OCH3 is 1. The van der Waals surface area contributed by atoms with E-state index in [1.165, 1.54) is 15.9 Å². The molecule has 3 aromatic carbocycles. The molecule has 0 radical (unpaired) electrons. The standard InChI is InChI=1S/C39H42N2O9S/c1-8-46-32-19-26(13-17-29(32)49-22-25-11-14-27(15-12-25)37(43)47-9-2)20-33-36(42)41-35(28-16-18-30(50-23(4)5)31(21-28)45-7)34(38(44)48-10-3)24(6)40-39(41)51-33/h11-21,23,35H,8-10,22H2,1-7H3/b33-20+/t35-/m0/s1. The summed E-state index contributed by atoms with van der Waals surface area (Å²) in [4.78, 5) is 44.7. The second-order valence-corrected chi connectivity index (χ2v) is 12.7. The van der Waals surface area contributed by atoms with Crippen molar-refractivity contribution in [3.63, 3.8) is 0 Å². The van der Waals surface area contributed by atoms with Gasteiger partial charge in [0.2, 0.25) is 0 Å². The van der Waals surface area contributed by atoms with Gasteiger partial charge in [-0.25, -0.2) is 14.6 Å². The van der Waals surface area contributed by atoms with E-state index in [1.807, 2.05) is 51.1 Å². The number of hydrogen-bond acceptors (Lipinski definition) is 11. The van der Waals surface area contributed by atoms with Crippen LogP contribution >= 0.6 is 11.3 Å². The first-order valence-electron chi connectivity index (χ1n) is 16.8. The van der Waals surface area contributed by atoms with Crippen LogP contribution in [-0.4, -0.2) is 49.5 Å². The molecule has 1 atom stereocenters. The summed E-state index contributed by atoms with van der Waals surface area (Å²) in [5.41, 5.74) is 3.10. The van der Waals surface area contributed by atoms with Crippen molar-refractivity contribution in [2.75, 3.05) is 26.9 Å². The van der Waals surface area contributed by atoms with Gasteiger partial charge < -0.3 is 28.4 Å². The molecule has 4 aromatic rings. The molecule has 0 N–H and O–H groups in total. The zero-order chi connectivity index (χ0) is 36.7. The highest BCUT2D eigenvalue weighted by Crippen LogP contribution is 2.37. The van der Waals surface area contributed by atoms with Gasteiger partial charge in [-0.1, -0.05) is 35.6 Å². The lowest BCUT2D eigenvalue weighted by molar-refractivity contribution is -0.139. The van der Waals surface area contributed by atoms with Crippen LogP contribution in [0.15, 0.2) is 81.7 Å². The molecular formula is C39H42N2O9S. The smallest absolute Gasteiger partial charge is 0.338 e. The molecule has 268 valence electrons. The van der Waals surface area contributed by atoms with Crippen LogP contribution in [0.1, 0.15) is 74.6 Å². The number of carbonyl (C=O) groups is 2. The van der Waals surface area contributed by atoms with E-state index < -0.39 is 12.0 Å². The zero-order valence-corrected chi connectivity index (χ0v) is 30.6. The third-order valence-corrected chi connectivity index (χ3v) is 8.79. The number of allylic oxidation sites excluding steroid dienone is 1. The SMILES string of the molecule is CCOC(=O)C1=C(C)N=c2s/c(=C/c3ccc(OCc4ccc(C(=O)OCC)cc4)c(OCC)c3)c(=O)n2[C@H]1c1ccc(OC(C)C)c(OC)c1. The fourth-order valence-electron chi connectivity index (χ4n) is 5.58. The molecule has 0 amide bonds. The predicted molar refractivity (Wildman–Crippen MR) is 193 cm³/mol. The Bertz CT molecular complexity index is 2110. The summed E-state index contributed by atoms with van der Waals surface area (Å²) < 4.78 is 36.0. The van der Waals surface area contributed by atoms with Crippen LogP contribution in [0.25, 0.3) is 6.08 Å². The molecule has 0 saturated carbocycles. The van der Waals surface area contributed by atoms with Crippen LogP contribution in [0.4, 0.5) is 0 Å². The first-order chi connectivity index (χ1) is 24.6. The molecule has 1 aliphatic heterocycles. The molecule has 11 nitrogen and oxygen atoms in total. The minimum atomic E-state index is -0.814. The fraction of sp³-hybridized carbons (Fsp3) is 0.333. The minimum Gasteiger partial charge on any atom is -0.493 e. The maximum Gasteiger partial charge on any atom is 0.338 e. The second kappa shape index (κ2) is 16.6. The third-order valence-electron chi connectivity index (χ3n) is 7.81. The largest absolute Gasteiger partial charge is 0.493 e. The Morgan fingerprint density at radius 2 is 1.57 bits per heavy atom. The summed E-state index contributed by atoms with van der Waals surface area (Å²) >= 11 is 1.23. The number of hydrogen-bond donors (Lipinski definition) is 0. The van der Waals surface area contributed by atoms with Crippen LogP contribution in [0.5, 0.6) is 23.0 Å². The lowest BCUT2D eigenvalue weighted by Crippen LogP contribution is -2.40. The molecule has 1 aromatic heterocycles. The predicted octanol–water partition coefficient (Wildman–Crippen LogP) is 5.75. The zero-order valence-electron chi connectivity index (χ0n) is 29.8. The summed E-state index contributed by atoms with van der Waals surface area (Å²) in [6.07, 6.45) is 1.69. The van der Waals surface area contributed by atoms with E-state index in [9.17, 15) is 14.4 Å². The van der Waals surface area contributed by atoms with E-state index in [1.54, 1.807) is 64.3 Å². The normalized spacial score (nSPS) is 14.1. The van der Waals surface area contributed by atoms with Crippen LogP contribution < -0.4 is 33.8 Å². The molecule has 0 unspecified atom stereocenters. The van der Waals surface area contributed by atoms with Crippen molar-refractivity contribution >= 4 is 29.4 Å². The van der Waals surface area contributed by atoms with Gasteiger partial charge in [0.05, 0.1) is 60.4 Å². The van der Waals surface area contributed by atoms with Gasteiger partial charge in [-0.3, -0.25) is 9.36 Å². The van der Waals surface area contributed by atoms with Crippen molar-refractivity contribution < 1.29 is 38.0 Å². The van der Waals surface area contributed by atoms with Crippen LogP contribution in [-0.2, 0) is 20.9 Å². The molecule has 0 spiro atoms. The van der Waals surface area contributed by atoms with Gasteiger partial charge in [-0.05, 0) is 101 Å². The molecule has 12 heteroatoms. The van der Waals surface area contributed by atoms with Gasteiger partial charge in [0.25, 0.3) is 5.56 Å². The number of thiazole rings is 1. The number of aromatic nitrogens is 1. The maximum absolute atomic E-state index is 14.2. The van der Waals surface area contributed by atoms with Crippen LogP contribution in [0.3, 0.4) is 0 Å². The Balaban J connectivity index is 1.51. The topological polar surface area (TPSA) is 124 Å². The molecule has 51 heavy (non-hydrogen) atoms. The number of nitrogens with zero attached hydrogens (tertiary/aromatic N) is 2. The van der Waals surface area contributed by atoms with E-state index in [0.717, 1.165) is 5.56 Å². The molecule has 0 saturated heterocycles. The Kier molecular flexibility index (Phi) is 12.0. The monoisotopic (exact) mass is 714 g/mol. The van der Waals surface area contributed by atoms with Gasteiger partial charge in [-0.2, -0.15) is 0 Å². The lowest BCUT2D eigenvalue weighted by Gasteiger charge is -2.25. The van der Waals surface area contributed by atoms with Crippen molar-refractivity contribution in [3.05, 3.63) is 114 Å². The first kappa shape index (κ1) is 36.9. The molecule has 0 fully saturated rings. The summed E-state index contributed by atoms with van der Waals surface area (Å²) in [5, 5.41) is 0. The summed E-state index contributed by atoms with van der Waals surface area (Å²) in [5.74, 6) is 1.14. The van der Waals surface area contributed by atoms with Crippen LogP contribution in [0.2, 0.25) is 0 Å². The summed E-state index contributed by atoms with van der Waals surface area (Å²) in [7, 11) is 1.54. The van der Waals surface area contributed by atoms with E-state index in [-0.39, 0.29) is 36.4 Å². The fourth-order valence-corrected chi connectivity index (χ4v) is 6.62. The highest BCUT2D eigenvalue weighted by Gasteiger charge is 2.34. The summed E-state index contributed by atoms with van der Waals surface area (Å²) in [6.45, 7) is 12.1. The second-order valence-electron chi connectivity index (χ2n) is 11.7. The molecule has 0 aliphatic carbocycles. The number of benzene rings is 3. The molecular weight excluding hydrogens is 673 g/mol. The van der Waals surface area contributed by atoms with Crippen molar-refractivity contribution in [1.29, 1.82) is 0 Å². The van der Waals surface area contributed by atoms with Gasteiger partial charge in [0, 0.05) is 0 Å². The van der Waals surface area contributed by atoms with Gasteiger partial charge in [-0.15, -0.1) is 0 Å². The number of fused-ring (bicyclic) bond motifs is 1. The van der Waals surface area contributed by atoms with Crippen molar-refractivity contribution in [2.45, 2.75) is 60.3 Å². The van der Waals surface area contributed by atoms with E-state index in [4.69, 9.17) is 28.4 Å². The molecule has 2 heterocycles. The van der Waals surface area contributed by atoms with E-state index in [2.05, 4.69) is 4.99 Å². The molecule has 1 aliphatic rings. The Hall–Kier alpha value is -5.36. The Labute approximate surface area is 300 Å². The van der Waals surface area contributed by atoms with Crippen LogP contribution in [0, 0.1) is 0 Å². The minimum absolute atomic E-state index is 0.0833. The summed E-state index contributed by atoms with van der Waals surface area (Å²) in [6, 6.07) is 17.0. The van der Waals surface area contributed by atoms with Gasteiger partial charge in [0.1, 0.15) is 6.61 Å². The van der Waals surface area contributed by atoms with Gasteiger partial charge >= 0.3 is 11.9 Å². The van der Waals surface area contributed by atoms with Crippen molar-refractivity contribution in [1.82, 2.24) is 4.57 Å². The number of rotatable bonds is 14. The average molecular weight is 715 g/mol. The van der Waals surface area contributed by atoms with E-state index >= 15 is 0 Å². The number of carbonyl (C=O) groups excluding carboxylic acids is 2. The average Bonchev–Trinajstić information content (AvgIpc) is 3.41. The maximum atomic E-state index is 14.2. The Morgan fingerprint density at radius 3 is 2.24 bits per heavy atom. The quantitative estimate of drug-likeness (QED) is 0.150. The number of ether oxygens (including phenoxy) is 6. The highest BCUT2D eigenvalue weighted by molar-refractivity contribution is 7.07. The van der Waals surface area contributed by atoms with Crippen molar-refractivity contribution in [2.24, 2.45) is 4.99 Å². The van der Waals surface area contributed by atoms with Crippen molar-refractivity contribution in [3.8, 4) is 23.0 Å². The van der Waals surface area contributed by atoms with E-state index in [0.29, 0.717) is 67.9 Å². The Morgan fingerprint density at radius 1 is 0.863 bits per heavy atom. The van der Waals surface area contributed by atoms with Gasteiger partial charge in [0.15, 0.2) is 27.8 Å². The third kappa shape index (κ3) is 8.34. The first-order valence-corrected chi connectivity index (χ1v) is 17.6. The highest BCUT2D eigenvalue weighted by atomic mass is 32.1. The molecule has 0 bridgehead atoms. The molecule has 5 rings (SSSR count).